The molecule has 0 amide bonds. The smallest absolute Gasteiger partial charge is 0.416 e. The van der Waals surface area contributed by atoms with E-state index in [0.29, 0.717) is 42.5 Å². The molecule has 0 fully saturated rings. The average Bonchev–Trinajstić information content (AvgIpc) is 2.76. The van der Waals surface area contributed by atoms with E-state index in [0.717, 1.165) is 17.7 Å². The first-order valence-corrected chi connectivity index (χ1v) is 9.86. The Bertz CT molecular complexity index is 855. The van der Waals surface area contributed by atoms with Crippen molar-refractivity contribution in [2.45, 2.75) is 25.6 Å². The number of halogens is 3. The Morgan fingerprint density at radius 3 is 2.29 bits per heavy atom. The van der Waals surface area contributed by atoms with E-state index in [1.165, 1.54) is 26.4 Å². The van der Waals surface area contributed by atoms with E-state index in [1.54, 1.807) is 18.2 Å². The van der Waals surface area contributed by atoms with Gasteiger partial charge in [-0.3, -0.25) is 4.99 Å². The van der Waals surface area contributed by atoms with Crippen LogP contribution in [0.4, 0.5) is 13.2 Å². The molecule has 9 heteroatoms. The predicted molar refractivity (Wildman–Crippen MR) is 114 cm³/mol. The van der Waals surface area contributed by atoms with E-state index in [2.05, 4.69) is 15.6 Å². The SMILES string of the molecule is CCNC(=NCC(O)c1ccc(OC)c(OC)c1)NCCc1ccc(C(F)(F)F)cc1. The van der Waals surface area contributed by atoms with Gasteiger partial charge in [0.15, 0.2) is 17.5 Å². The monoisotopic (exact) mass is 439 g/mol. The highest BCUT2D eigenvalue weighted by Gasteiger charge is 2.29. The number of methoxy groups -OCH3 is 2. The van der Waals surface area contributed by atoms with Crippen LogP contribution >= 0.6 is 0 Å². The van der Waals surface area contributed by atoms with Gasteiger partial charge < -0.3 is 25.2 Å². The third-order valence-corrected chi connectivity index (χ3v) is 4.55. The molecule has 170 valence electrons. The second-order valence-corrected chi connectivity index (χ2v) is 6.72. The van der Waals surface area contributed by atoms with Crippen LogP contribution in [0.15, 0.2) is 47.5 Å². The van der Waals surface area contributed by atoms with Gasteiger partial charge in [-0.05, 0) is 48.7 Å². The summed E-state index contributed by atoms with van der Waals surface area (Å²) in [5.41, 5.74) is 0.756. The van der Waals surface area contributed by atoms with Crippen LogP contribution in [0.1, 0.15) is 29.7 Å². The lowest BCUT2D eigenvalue weighted by Gasteiger charge is -2.15. The Morgan fingerprint density at radius 1 is 1.03 bits per heavy atom. The molecular weight excluding hydrogens is 411 g/mol. The Hall–Kier alpha value is -2.94. The molecule has 3 N–H and O–H groups in total. The normalized spacial score (nSPS) is 12.9. The van der Waals surface area contributed by atoms with Crippen molar-refractivity contribution in [1.82, 2.24) is 10.6 Å². The molecule has 0 saturated heterocycles. The van der Waals surface area contributed by atoms with E-state index >= 15 is 0 Å². The molecule has 2 rings (SSSR count). The summed E-state index contributed by atoms with van der Waals surface area (Å²) >= 11 is 0. The van der Waals surface area contributed by atoms with Gasteiger partial charge in [0.2, 0.25) is 0 Å². The Kier molecular flexibility index (Phi) is 8.99. The van der Waals surface area contributed by atoms with Crippen molar-refractivity contribution in [3.05, 3.63) is 59.2 Å². The number of aliphatic imine (C=N–C) groups is 1. The van der Waals surface area contributed by atoms with E-state index in [1.807, 2.05) is 6.92 Å². The van der Waals surface area contributed by atoms with E-state index < -0.39 is 17.8 Å². The molecule has 2 aromatic carbocycles. The zero-order chi connectivity index (χ0) is 22.9. The zero-order valence-electron chi connectivity index (χ0n) is 17.8. The molecule has 31 heavy (non-hydrogen) atoms. The van der Waals surface area contributed by atoms with Crippen LogP contribution in [0.2, 0.25) is 0 Å². The van der Waals surface area contributed by atoms with Gasteiger partial charge in [0.05, 0.1) is 32.4 Å². The first kappa shape index (κ1) is 24.3. The second-order valence-electron chi connectivity index (χ2n) is 6.72. The topological polar surface area (TPSA) is 75.1 Å². The minimum Gasteiger partial charge on any atom is -0.493 e. The lowest BCUT2D eigenvalue weighted by molar-refractivity contribution is -0.137. The molecule has 0 aliphatic rings. The van der Waals surface area contributed by atoms with Crippen LogP contribution < -0.4 is 20.1 Å². The second kappa shape index (κ2) is 11.5. The van der Waals surface area contributed by atoms with E-state index in [9.17, 15) is 18.3 Å². The maximum atomic E-state index is 12.6. The van der Waals surface area contributed by atoms with E-state index in [4.69, 9.17) is 9.47 Å². The van der Waals surface area contributed by atoms with Crippen LogP contribution in [0.3, 0.4) is 0 Å². The minimum absolute atomic E-state index is 0.116. The van der Waals surface area contributed by atoms with Crippen LogP contribution in [0, 0.1) is 0 Å². The minimum atomic E-state index is -4.34. The zero-order valence-corrected chi connectivity index (χ0v) is 17.8. The standard InChI is InChI=1S/C22H28F3N3O3/c1-4-26-21(27-12-11-15-5-8-17(9-6-15)22(23,24)25)28-14-18(29)16-7-10-19(30-2)20(13-16)31-3/h5-10,13,18,29H,4,11-12,14H2,1-3H3,(H2,26,27,28). The fourth-order valence-electron chi connectivity index (χ4n) is 2.87. The van der Waals surface area contributed by atoms with Crippen molar-refractivity contribution in [3.8, 4) is 11.5 Å². The molecule has 2 aromatic rings. The summed E-state index contributed by atoms with van der Waals surface area (Å²) in [7, 11) is 3.06. The first-order chi connectivity index (χ1) is 14.8. The fourth-order valence-corrected chi connectivity index (χ4v) is 2.87. The number of rotatable bonds is 9. The molecule has 1 unspecified atom stereocenters. The molecule has 0 aliphatic carbocycles. The number of aliphatic hydroxyl groups excluding tert-OH is 1. The predicted octanol–water partition coefficient (Wildman–Crippen LogP) is 3.55. The number of alkyl halides is 3. The molecule has 0 bridgehead atoms. The highest BCUT2D eigenvalue weighted by atomic mass is 19.4. The summed E-state index contributed by atoms with van der Waals surface area (Å²) < 4.78 is 48.4. The van der Waals surface area contributed by atoms with Crippen LogP contribution in [0.5, 0.6) is 11.5 Å². The van der Waals surface area contributed by atoms with Gasteiger partial charge in [-0.25, -0.2) is 0 Å². The Morgan fingerprint density at radius 2 is 1.71 bits per heavy atom. The van der Waals surface area contributed by atoms with Crippen molar-refractivity contribution in [3.63, 3.8) is 0 Å². The molecule has 0 saturated carbocycles. The molecule has 6 nitrogen and oxygen atoms in total. The lowest BCUT2D eigenvalue weighted by Crippen LogP contribution is -2.38. The molecule has 0 radical (unpaired) electrons. The summed E-state index contributed by atoms with van der Waals surface area (Å²) in [6, 6.07) is 10.2. The quantitative estimate of drug-likeness (QED) is 0.412. The van der Waals surface area contributed by atoms with Gasteiger partial charge in [0.25, 0.3) is 0 Å². The van der Waals surface area contributed by atoms with Gasteiger partial charge in [-0.2, -0.15) is 13.2 Å². The van der Waals surface area contributed by atoms with Gasteiger partial charge in [0.1, 0.15) is 0 Å². The van der Waals surface area contributed by atoms with Gasteiger partial charge >= 0.3 is 6.18 Å². The van der Waals surface area contributed by atoms with E-state index in [-0.39, 0.29) is 6.54 Å². The molecule has 0 aromatic heterocycles. The van der Waals surface area contributed by atoms with Gasteiger partial charge in [-0.15, -0.1) is 0 Å². The largest absolute Gasteiger partial charge is 0.493 e. The number of nitrogens with zero attached hydrogens (tertiary/aromatic N) is 1. The molecular formula is C22H28F3N3O3. The van der Waals surface area contributed by atoms with Crippen molar-refractivity contribution in [2.24, 2.45) is 4.99 Å². The third-order valence-electron chi connectivity index (χ3n) is 4.55. The van der Waals surface area contributed by atoms with Gasteiger partial charge in [-0.1, -0.05) is 18.2 Å². The van der Waals surface area contributed by atoms with Crippen molar-refractivity contribution in [1.29, 1.82) is 0 Å². The highest BCUT2D eigenvalue weighted by Crippen LogP contribution is 2.30. The molecule has 0 spiro atoms. The van der Waals surface area contributed by atoms with Crippen molar-refractivity contribution >= 4 is 5.96 Å². The van der Waals surface area contributed by atoms with Crippen molar-refractivity contribution < 1.29 is 27.8 Å². The number of guanidine groups is 1. The lowest BCUT2D eigenvalue weighted by atomic mass is 10.1. The number of ether oxygens (including phenoxy) is 2. The van der Waals surface area contributed by atoms with Crippen LogP contribution in [-0.2, 0) is 12.6 Å². The number of hydrogen-bond donors (Lipinski definition) is 3. The maximum Gasteiger partial charge on any atom is 0.416 e. The molecule has 0 heterocycles. The summed E-state index contributed by atoms with van der Waals surface area (Å²) in [6.07, 6.45) is -4.65. The summed E-state index contributed by atoms with van der Waals surface area (Å²) in [4.78, 5) is 4.39. The number of benzene rings is 2. The Balaban J connectivity index is 1.94. The fraction of sp³-hybridized carbons (Fsp3) is 0.409. The molecule has 0 aliphatic heterocycles. The number of nitrogens with one attached hydrogen (secondary N) is 2. The summed E-state index contributed by atoms with van der Waals surface area (Å²) in [5, 5.41) is 16.7. The molecule has 1 atom stereocenters. The maximum absolute atomic E-state index is 12.6. The number of aliphatic hydroxyl groups is 1. The third kappa shape index (κ3) is 7.36. The summed E-state index contributed by atoms with van der Waals surface area (Å²) in [6.45, 7) is 3.13. The van der Waals surface area contributed by atoms with Gasteiger partial charge in [0, 0.05) is 13.1 Å². The highest BCUT2D eigenvalue weighted by molar-refractivity contribution is 5.79. The average molecular weight is 439 g/mol. The van der Waals surface area contributed by atoms with Crippen molar-refractivity contribution in [2.75, 3.05) is 33.9 Å². The summed E-state index contributed by atoms with van der Waals surface area (Å²) in [5.74, 6) is 1.60. The first-order valence-electron chi connectivity index (χ1n) is 9.86. The Labute approximate surface area is 180 Å². The van der Waals surface area contributed by atoms with Crippen LogP contribution in [-0.4, -0.2) is 44.9 Å². The van der Waals surface area contributed by atoms with Crippen LogP contribution in [0.25, 0.3) is 0 Å². The number of hydrogen-bond acceptors (Lipinski definition) is 4.